The number of amides is 2. The lowest BCUT2D eigenvalue weighted by Crippen LogP contribution is -2.40. The van der Waals surface area contributed by atoms with Crippen LogP contribution in [-0.2, 0) is 4.79 Å². The van der Waals surface area contributed by atoms with Crippen LogP contribution in [0.3, 0.4) is 0 Å². The molecule has 2 N–H and O–H groups in total. The fraction of sp³-hybridized carbons (Fsp3) is 0.467. The lowest BCUT2D eigenvalue weighted by atomic mass is 10.1. The molecule has 0 aliphatic carbocycles. The Balaban J connectivity index is 2.05. The van der Waals surface area contributed by atoms with E-state index in [4.69, 9.17) is 9.84 Å². The van der Waals surface area contributed by atoms with Crippen LogP contribution in [0.4, 0.5) is 9.18 Å². The summed E-state index contributed by atoms with van der Waals surface area (Å²) < 4.78 is 19.1. The molecule has 0 saturated carbocycles. The number of nitrogens with one attached hydrogen (secondary N) is 1. The topological polar surface area (TPSA) is 78.9 Å². The van der Waals surface area contributed by atoms with Gasteiger partial charge in [0.05, 0.1) is 24.6 Å². The van der Waals surface area contributed by atoms with Crippen molar-refractivity contribution in [3.63, 3.8) is 0 Å². The van der Waals surface area contributed by atoms with Crippen LogP contribution in [0.5, 0.6) is 5.75 Å². The van der Waals surface area contributed by atoms with Gasteiger partial charge in [0, 0.05) is 13.1 Å². The van der Waals surface area contributed by atoms with E-state index < -0.39 is 29.8 Å². The van der Waals surface area contributed by atoms with Crippen LogP contribution >= 0.6 is 0 Å². The van der Waals surface area contributed by atoms with Gasteiger partial charge in [-0.25, -0.2) is 9.18 Å². The molecule has 1 aliphatic heterocycles. The molecule has 22 heavy (non-hydrogen) atoms. The van der Waals surface area contributed by atoms with Gasteiger partial charge in [0.15, 0.2) is 0 Å². The number of likely N-dealkylation sites (tertiary alicyclic amines) is 1. The molecule has 1 aromatic carbocycles. The van der Waals surface area contributed by atoms with Gasteiger partial charge in [-0.05, 0) is 25.5 Å². The van der Waals surface area contributed by atoms with E-state index in [1.165, 1.54) is 24.1 Å². The Kier molecular flexibility index (Phi) is 4.85. The summed E-state index contributed by atoms with van der Waals surface area (Å²) in [5.74, 6) is -1.54. The first-order valence-electron chi connectivity index (χ1n) is 7.04. The van der Waals surface area contributed by atoms with E-state index in [1.54, 1.807) is 13.0 Å². The van der Waals surface area contributed by atoms with Gasteiger partial charge in [-0.3, -0.25) is 4.79 Å². The first kappa shape index (κ1) is 16.1. The van der Waals surface area contributed by atoms with Crippen LogP contribution in [-0.4, -0.2) is 42.2 Å². The lowest BCUT2D eigenvalue weighted by Gasteiger charge is -2.22. The molecule has 6 nitrogen and oxygen atoms in total. The van der Waals surface area contributed by atoms with Crippen molar-refractivity contribution in [2.75, 3.05) is 20.2 Å². The fourth-order valence-electron chi connectivity index (χ4n) is 2.61. The Morgan fingerprint density at radius 1 is 1.50 bits per heavy atom. The number of carbonyl (C=O) groups excluding carboxylic acids is 1. The Hall–Kier alpha value is -2.31. The molecule has 7 heteroatoms. The largest absolute Gasteiger partial charge is 0.496 e. The highest BCUT2D eigenvalue weighted by Crippen LogP contribution is 2.28. The van der Waals surface area contributed by atoms with Crippen LogP contribution in [0.2, 0.25) is 0 Å². The van der Waals surface area contributed by atoms with E-state index in [2.05, 4.69) is 5.32 Å². The van der Waals surface area contributed by atoms with Crippen molar-refractivity contribution in [2.24, 2.45) is 5.92 Å². The summed E-state index contributed by atoms with van der Waals surface area (Å²) in [6.07, 6.45) is 0.431. The van der Waals surface area contributed by atoms with E-state index in [-0.39, 0.29) is 12.1 Å². The van der Waals surface area contributed by atoms with Gasteiger partial charge in [-0.2, -0.15) is 0 Å². The minimum atomic E-state index is -0.904. The van der Waals surface area contributed by atoms with Gasteiger partial charge in [0.1, 0.15) is 11.6 Å². The molecule has 0 radical (unpaired) electrons. The lowest BCUT2D eigenvalue weighted by molar-refractivity contribution is -0.141. The standard InChI is InChI=1S/C15H19FN2O4/c1-9(13-11(16)4-3-5-12(13)22-2)17-15(21)18-7-6-10(8-18)14(19)20/h3-5,9-10H,6-8H2,1-2H3,(H,17,21)(H,19,20). The normalized spacial score (nSPS) is 18.9. The van der Waals surface area contributed by atoms with E-state index in [0.29, 0.717) is 18.7 Å². The zero-order chi connectivity index (χ0) is 16.3. The molecular formula is C15H19FN2O4. The summed E-state index contributed by atoms with van der Waals surface area (Å²) in [4.78, 5) is 24.5. The van der Waals surface area contributed by atoms with Gasteiger partial charge in [0.2, 0.25) is 0 Å². The van der Waals surface area contributed by atoms with Crippen LogP contribution < -0.4 is 10.1 Å². The smallest absolute Gasteiger partial charge is 0.317 e. The zero-order valence-electron chi connectivity index (χ0n) is 12.5. The number of carboxylic acid groups (broad SMARTS) is 1. The molecule has 2 rings (SSSR count). The third-order valence-electron chi connectivity index (χ3n) is 3.83. The molecule has 2 unspecified atom stereocenters. The highest BCUT2D eigenvalue weighted by Gasteiger charge is 2.31. The number of carbonyl (C=O) groups is 2. The van der Waals surface area contributed by atoms with Crippen molar-refractivity contribution in [3.8, 4) is 5.75 Å². The number of urea groups is 1. The second kappa shape index (κ2) is 6.64. The van der Waals surface area contributed by atoms with Crippen molar-refractivity contribution in [1.82, 2.24) is 10.2 Å². The van der Waals surface area contributed by atoms with Crippen molar-refractivity contribution in [2.45, 2.75) is 19.4 Å². The molecule has 1 heterocycles. The predicted molar refractivity (Wildman–Crippen MR) is 77.2 cm³/mol. The highest BCUT2D eigenvalue weighted by molar-refractivity contribution is 5.77. The van der Waals surface area contributed by atoms with Gasteiger partial charge < -0.3 is 20.1 Å². The number of ether oxygens (including phenoxy) is 1. The summed E-state index contributed by atoms with van der Waals surface area (Å²) in [5.41, 5.74) is 0.271. The molecule has 1 fully saturated rings. The number of nitrogens with zero attached hydrogens (tertiary/aromatic N) is 1. The molecule has 1 aliphatic rings. The summed E-state index contributed by atoms with van der Waals surface area (Å²) >= 11 is 0. The zero-order valence-corrected chi connectivity index (χ0v) is 12.5. The number of benzene rings is 1. The summed E-state index contributed by atoms with van der Waals surface area (Å²) in [6, 6.07) is 3.47. The maximum atomic E-state index is 14.0. The van der Waals surface area contributed by atoms with E-state index in [0.717, 1.165) is 0 Å². The SMILES string of the molecule is COc1cccc(F)c1C(C)NC(=O)N1CCC(C(=O)O)C1. The summed E-state index contributed by atoms with van der Waals surface area (Å²) in [7, 11) is 1.44. The van der Waals surface area contributed by atoms with E-state index in [1.807, 2.05) is 0 Å². The average Bonchev–Trinajstić information content (AvgIpc) is 2.96. The van der Waals surface area contributed by atoms with Crippen molar-refractivity contribution in [3.05, 3.63) is 29.6 Å². The first-order chi connectivity index (χ1) is 10.4. The summed E-state index contributed by atoms with van der Waals surface area (Å²) in [6.45, 7) is 2.20. The maximum absolute atomic E-state index is 14.0. The third-order valence-corrected chi connectivity index (χ3v) is 3.83. The average molecular weight is 310 g/mol. The van der Waals surface area contributed by atoms with E-state index >= 15 is 0 Å². The van der Waals surface area contributed by atoms with Crippen molar-refractivity contribution >= 4 is 12.0 Å². The van der Waals surface area contributed by atoms with Crippen molar-refractivity contribution in [1.29, 1.82) is 0 Å². The van der Waals surface area contributed by atoms with Gasteiger partial charge in [-0.1, -0.05) is 6.07 Å². The molecule has 120 valence electrons. The minimum Gasteiger partial charge on any atom is -0.496 e. The monoisotopic (exact) mass is 310 g/mol. The second-order valence-electron chi connectivity index (χ2n) is 5.30. The van der Waals surface area contributed by atoms with Crippen LogP contribution in [0, 0.1) is 11.7 Å². The maximum Gasteiger partial charge on any atom is 0.317 e. The number of methoxy groups -OCH3 is 1. The Bertz CT molecular complexity index is 579. The highest BCUT2D eigenvalue weighted by atomic mass is 19.1. The van der Waals surface area contributed by atoms with Gasteiger partial charge in [-0.15, -0.1) is 0 Å². The third kappa shape index (κ3) is 3.29. The van der Waals surface area contributed by atoms with Gasteiger partial charge in [0.25, 0.3) is 0 Å². The number of rotatable bonds is 4. The molecule has 2 atom stereocenters. The van der Waals surface area contributed by atoms with Crippen molar-refractivity contribution < 1.29 is 23.8 Å². The van der Waals surface area contributed by atoms with Crippen LogP contribution in [0.1, 0.15) is 24.9 Å². The predicted octanol–water partition coefficient (Wildman–Crippen LogP) is 2.01. The van der Waals surface area contributed by atoms with Crippen LogP contribution in [0.25, 0.3) is 0 Å². The Labute approximate surface area is 127 Å². The molecule has 0 aromatic heterocycles. The van der Waals surface area contributed by atoms with E-state index in [9.17, 15) is 14.0 Å². The molecule has 0 bridgehead atoms. The molecule has 1 aromatic rings. The second-order valence-corrected chi connectivity index (χ2v) is 5.30. The number of hydrogen-bond acceptors (Lipinski definition) is 3. The number of carboxylic acids is 1. The van der Waals surface area contributed by atoms with Crippen LogP contribution in [0.15, 0.2) is 18.2 Å². The van der Waals surface area contributed by atoms with Gasteiger partial charge >= 0.3 is 12.0 Å². The molecule has 2 amide bonds. The number of hydrogen-bond donors (Lipinski definition) is 2. The molecular weight excluding hydrogens is 291 g/mol. The fourth-order valence-corrected chi connectivity index (χ4v) is 2.61. The summed E-state index contributed by atoms with van der Waals surface area (Å²) in [5, 5.41) is 11.6. The number of halogens is 1. The molecule has 1 saturated heterocycles. The first-order valence-corrected chi connectivity index (χ1v) is 7.04. The number of aliphatic carboxylic acids is 1. The Morgan fingerprint density at radius 3 is 2.82 bits per heavy atom. The Morgan fingerprint density at radius 2 is 2.23 bits per heavy atom. The molecule has 0 spiro atoms. The minimum absolute atomic E-state index is 0.169. The quantitative estimate of drug-likeness (QED) is 0.891.